The summed E-state index contributed by atoms with van der Waals surface area (Å²) in [6.07, 6.45) is 36.4. The molecule has 51 heavy (non-hydrogen) atoms. The number of hydrogen-bond donors (Lipinski definition) is 1. The molecule has 0 heterocycles. The molecule has 1 unspecified atom stereocenters. The van der Waals surface area contributed by atoms with Gasteiger partial charge < -0.3 is 19.3 Å². The predicted octanol–water partition coefficient (Wildman–Crippen LogP) is 11.4. The number of hydrogen-bond acceptors (Lipinski definition) is 8. The number of nitrogens with zero attached hydrogens (tertiary/aromatic N) is 1. The average Bonchev–Trinajstić information content (AvgIpc) is 3.09. The fraction of sp³-hybridized carbons (Fsp3) is 0.854. The van der Waals surface area contributed by atoms with Gasteiger partial charge in [0.2, 0.25) is 0 Å². The maximum atomic E-state index is 12.6. The first-order chi connectivity index (χ1) is 24.7. The molecule has 10 heteroatoms. The van der Waals surface area contributed by atoms with Crippen LogP contribution in [-0.4, -0.2) is 68.3 Å². The number of carbonyl (C=O) groups excluding carboxylic acids is 2. The van der Waals surface area contributed by atoms with Gasteiger partial charge in [0.1, 0.15) is 6.61 Å². The molecule has 0 spiro atoms. The molecule has 0 amide bonds. The number of phosphoric ester groups is 1. The molecule has 0 fully saturated rings. The van der Waals surface area contributed by atoms with Crippen LogP contribution in [0.4, 0.5) is 0 Å². The summed E-state index contributed by atoms with van der Waals surface area (Å²) >= 11 is 0. The molecule has 0 aliphatic heterocycles. The largest absolute Gasteiger partial charge is 0.472 e. The first kappa shape index (κ1) is 49.5. The monoisotopic (exact) mass is 744 g/mol. The van der Waals surface area contributed by atoms with E-state index < -0.39 is 26.5 Å². The summed E-state index contributed by atoms with van der Waals surface area (Å²) in [5.74, 6) is -0.818. The van der Waals surface area contributed by atoms with Crippen molar-refractivity contribution in [3.63, 3.8) is 0 Å². The number of phosphoric acid groups is 1. The van der Waals surface area contributed by atoms with Gasteiger partial charge in [-0.25, -0.2) is 4.57 Å². The van der Waals surface area contributed by atoms with Gasteiger partial charge in [0.25, 0.3) is 0 Å². The Morgan fingerprint density at radius 1 is 0.588 bits per heavy atom. The van der Waals surface area contributed by atoms with Crippen LogP contribution in [0, 0.1) is 0 Å². The van der Waals surface area contributed by atoms with Crippen LogP contribution in [0.1, 0.15) is 181 Å². The van der Waals surface area contributed by atoms with Crippen molar-refractivity contribution in [1.82, 2.24) is 4.90 Å². The first-order valence-corrected chi connectivity index (χ1v) is 22.1. The Morgan fingerprint density at radius 3 is 1.47 bits per heavy atom. The highest BCUT2D eigenvalue weighted by Gasteiger charge is 2.26. The molecule has 0 rings (SSSR count). The molecule has 0 aromatic carbocycles. The molecule has 2 atom stereocenters. The van der Waals surface area contributed by atoms with Crippen molar-refractivity contribution in [2.45, 2.75) is 187 Å². The molecule has 0 radical (unpaired) electrons. The molecule has 0 aliphatic carbocycles. The third-order valence-electron chi connectivity index (χ3n) is 8.73. The highest BCUT2D eigenvalue weighted by atomic mass is 31.2. The Hall–Kier alpha value is -1.51. The van der Waals surface area contributed by atoms with Crippen molar-refractivity contribution >= 4 is 19.8 Å². The summed E-state index contributed by atoms with van der Waals surface area (Å²) < 4.78 is 33.4. The minimum Gasteiger partial charge on any atom is -0.462 e. The topological polar surface area (TPSA) is 112 Å². The second kappa shape index (κ2) is 36.8. The van der Waals surface area contributed by atoms with Crippen molar-refractivity contribution in [2.24, 2.45) is 0 Å². The smallest absolute Gasteiger partial charge is 0.462 e. The Kier molecular flexibility index (Phi) is 35.7. The number of ether oxygens (including phenoxy) is 2. The molecule has 0 saturated heterocycles. The molecule has 9 nitrogen and oxygen atoms in total. The van der Waals surface area contributed by atoms with Crippen LogP contribution in [0.2, 0.25) is 0 Å². The summed E-state index contributed by atoms with van der Waals surface area (Å²) in [5, 5.41) is 0. The summed E-state index contributed by atoms with van der Waals surface area (Å²) in [7, 11) is -0.714. The normalized spacial score (nSPS) is 13.7. The van der Waals surface area contributed by atoms with Gasteiger partial charge in [-0.05, 0) is 78.3 Å². The highest BCUT2D eigenvalue weighted by molar-refractivity contribution is 7.47. The third kappa shape index (κ3) is 38.0. The molecule has 0 bridgehead atoms. The Balaban J connectivity index is 4.34. The Morgan fingerprint density at radius 2 is 1.00 bits per heavy atom. The predicted molar refractivity (Wildman–Crippen MR) is 211 cm³/mol. The molecule has 0 saturated carbocycles. The van der Waals surface area contributed by atoms with E-state index in [1.165, 1.54) is 83.5 Å². The number of rotatable bonds is 38. The van der Waals surface area contributed by atoms with E-state index in [9.17, 15) is 19.0 Å². The van der Waals surface area contributed by atoms with Crippen LogP contribution >= 0.6 is 7.82 Å². The molecule has 0 aromatic rings. The standard InChI is InChI=1S/C41H78NO8P/c1-5-7-9-11-13-15-17-19-20-22-24-26-28-30-32-34-41(44)50-39(38-49-51(45,46)48-36-35-42(3)4)37-47-40(43)33-31-29-27-25-23-21-18-16-14-12-10-8-6-2/h16-19,39H,5-15,20-38H2,1-4H3,(H,45,46)/b18-16-,19-17-/t39-/m1/s1. The number of allylic oxidation sites excluding steroid dienone is 4. The van der Waals surface area contributed by atoms with E-state index in [0.29, 0.717) is 13.0 Å². The van der Waals surface area contributed by atoms with Crippen LogP contribution in [0.25, 0.3) is 0 Å². The fourth-order valence-electron chi connectivity index (χ4n) is 5.50. The van der Waals surface area contributed by atoms with Gasteiger partial charge in [0, 0.05) is 19.4 Å². The SMILES string of the molecule is CCCCCC/C=C\CCCCCCCC(=O)OC[C@H](COP(=O)(O)OCCN(C)C)OC(=O)CCCCCCCC/C=C\CCCCCCC. The van der Waals surface area contributed by atoms with Crippen molar-refractivity contribution in [3.8, 4) is 0 Å². The van der Waals surface area contributed by atoms with E-state index in [-0.39, 0.29) is 32.0 Å². The summed E-state index contributed by atoms with van der Waals surface area (Å²) in [6, 6.07) is 0. The Bertz CT molecular complexity index is 910. The van der Waals surface area contributed by atoms with Gasteiger partial charge in [0.05, 0.1) is 13.2 Å². The second-order valence-electron chi connectivity index (χ2n) is 14.2. The van der Waals surface area contributed by atoms with Gasteiger partial charge in [-0.1, -0.05) is 128 Å². The number of unbranched alkanes of at least 4 members (excludes halogenated alkanes) is 20. The van der Waals surface area contributed by atoms with Gasteiger partial charge in [-0.3, -0.25) is 18.6 Å². The average molecular weight is 744 g/mol. The van der Waals surface area contributed by atoms with E-state index in [2.05, 4.69) is 38.2 Å². The van der Waals surface area contributed by atoms with E-state index in [1.54, 1.807) is 0 Å². The quantitative estimate of drug-likeness (QED) is 0.0286. The third-order valence-corrected chi connectivity index (χ3v) is 9.71. The number of esters is 2. The van der Waals surface area contributed by atoms with E-state index in [0.717, 1.165) is 64.2 Å². The van der Waals surface area contributed by atoms with E-state index in [1.807, 2.05) is 19.0 Å². The van der Waals surface area contributed by atoms with Gasteiger partial charge in [0.15, 0.2) is 6.10 Å². The zero-order valence-corrected chi connectivity index (χ0v) is 34.2. The lowest BCUT2D eigenvalue weighted by molar-refractivity contribution is -0.161. The molecular formula is C41H78NO8P. The molecule has 300 valence electrons. The molecule has 0 aromatic heterocycles. The van der Waals surface area contributed by atoms with Crippen LogP contribution in [0.3, 0.4) is 0 Å². The van der Waals surface area contributed by atoms with Crippen molar-refractivity contribution < 1.29 is 37.6 Å². The highest BCUT2D eigenvalue weighted by Crippen LogP contribution is 2.43. The lowest BCUT2D eigenvalue weighted by Crippen LogP contribution is -2.29. The fourth-order valence-corrected chi connectivity index (χ4v) is 6.24. The van der Waals surface area contributed by atoms with E-state index >= 15 is 0 Å². The number of likely N-dealkylation sites (N-methyl/N-ethyl adjacent to an activating group) is 1. The molecule has 1 N–H and O–H groups in total. The van der Waals surface area contributed by atoms with Crippen molar-refractivity contribution in [1.29, 1.82) is 0 Å². The minimum atomic E-state index is -4.36. The van der Waals surface area contributed by atoms with Gasteiger partial charge >= 0.3 is 19.8 Å². The summed E-state index contributed by atoms with van der Waals surface area (Å²) in [5.41, 5.74) is 0. The van der Waals surface area contributed by atoms with Gasteiger partial charge in [-0.15, -0.1) is 0 Å². The lowest BCUT2D eigenvalue weighted by Gasteiger charge is -2.20. The number of carbonyl (C=O) groups is 2. The van der Waals surface area contributed by atoms with Crippen LogP contribution in [0.15, 0.2) is 24.3 Å². The second-order valence-corrected chi connectivity index (χ2v) is 15.6. The molecule has 0 aliphatic rings. The van der Waals surface area contributed by atoms with Crippen LogP contribution < -0.4 is 0 Å². The van der Waals surface area contributed by atoms with Gasteiger partial charge in [-0.2, -0.15) is 0 Å². The maximum Gasteiger partial charge on any atom is 0.472 e. The van der Waals surface area contributed by atoms with Crippen LogP contribution in [-0.2, 0) is 32.7 Å². The van der Waals surface area contributed by atoms with Crippen LogP contribution in [0.5, 0.6) is 0 Å². The van der Waals surface area contributed by atoms with Crippen molar-refractivity contribution in [3.05, 3.63) is 24.3 Å². The van der Waals surface area contributed by atoms with Crippen molar-refractivity contribution in [2.75, 3.05) is 40.5 Å². The first-order valence-electron chi connectivity index (χ1n) is 20.6. The summed E-state index contributed by atoms with van der Waals surface area (Å²) in [6.45, 7) is 4.28. The minimum absolute atomic E-state index is 0.00589. The summed E-state index contributed by atoms with van der Waals surface area (Å²) in [4.78, 5) is 36.9. The Labute approximate surface area is 313 Å². The molecular weight excluding hydrogens is 665 g/mol. The maximum absolute atomic E-state index is 12.6. The zero-order chi connectivity index (χ0) is 37.7. The lowest BCUT2D eigenvalue weighted by atomic mass is 10.1. The zero-order valence-electron chi connectivity index (χ0n) is 33.3. The van der Waals surface area contributed by atoms with E-state index in [4.69, 9.17) is 18.5 Å².